The van der Waals surface area contributed by atoms with E-state index in [1.165, 1.54) is 6.07 Å². The number of H-pyrrole nitrogens is 1. The van der Waals surface area contributed by atoms with Crippen LogP contribution in [0.2, 0.25) is 5.02 Å². The van der Waals surface area contributed by atoms with Crippen LogP contribution in [0.3, 0.4) is 0 Å². The van der Waals surface area contributed by atoms with Gasteiger partial charge >= 0.3 is 0 Å². The van der Waals surface area contributed by atoms with Crippen LogP contribution in [0.4, 0.5) is 0 Å². The zero-order chi connectivity index (χ0) is 8.55. The number of nitrogens with one attached hydrogen (secondary N) is 1. The summed E-state index contributed by atoms with van der Waals surface area (Å²) >= 11 is 5.75. The molecule has 0 fully saturated rings. The zero-order valence-electron chi connectivity index (χ0n) is 6.17. The second-order valence-corrected chi connectivity index (χ2v) is 2.97. The van der Waals surface area contributed by atoms with Crippen molar-refractivity contribution in [3.63, 3.8) is 0 Å². The number of aromatic nitrogens is 1. The second kappa shape index (κ2) is 2.64. The third-order valence-electron chi connectivity index (χ3n) is 1.72. The molecular weight excluding hydrogens is 176 g/mol. The maximum atomic E-state index is 11.2. The van der Waals surface area contributed by atoms with E-state index in [0.29, 0.717) is 10.4 Å². The summed E-state index contributed by atoms with van der Waals surface area (Å²) in [5.74, 6) is 0. The topological polar surface area (TPSA) is 32.9 Å². The molecule has 0 aliphatic heterocycles. The van der Waals surface area contributed by atoms with Gasteiger partial charge in [0, 0.05) is 22.7 Å². The van der Waals surface area contributed by atoms with Gasteiger partial charge in [0.15, 0.2) is 5.43 Å². The van der Waals surface area contributed by atoms with Crippen molar-refractivity contribution in [2.75, 3.05) is 0 Å². The van der Waals surface area contributed by atoms with Crippen LogP contribution >= 0.6 is 11.6 Å². The fraction of sp³-hybridized carbons (Fsp3) is 0. The van der Waals surface area contributed by atoms with Gasteiger partial charge in [0.2, 0.25) is 0 Å². The van der Waals surface area contributed by atoms with Gasteiger partial charge in [0.1, 0.15) is 0 Å². The third-order valence-corrected chi connectivity index (χ3v) is 1.96. The molecule has 0 aliphatic rings. The standard InChI is InChI=1S/C9H6ClNO/c10-6-1-2-7-8(5-6)11-4-3-9(7)12/h1-5H,(H,11,12)/i3+2. The van der Waals surface area contributed by atoms with Crippen LogP contribution in [0.15, 0.2) is 35.3 Å². The second-order valence-electron chi connectivity index (χ2n) is 2.53. The van der Waals surface area contributed by atoms with Crippen molar-refractivity contribution < 1.29 is 0 Å². The lowest BCUT2D eigenvalue weighted by Gasteiger charge is -1.95. The molecule has 1 aromatic heterocycles. The number of pyridine rings is 1. The minimum Gasteiger partial charge on any atom is -0.361 e. The molecule has 0 atom stereocenters. The van der Waals surface area contributed by atoms with E-state index in [0.717, 1.165) is 5.52 Å². The third kappa shape index (κ3) is 1.10. The maximum Gasteiger partial charge on any atom is 0.189 e. The predicted octanol–water partition coefficient (Wildman–Crippen LogP) is 2.18. The quantitative estimate of drug-likeness (QED) is 0.664. The molecule has 1 heterocycles. The van der Waals surface area contributed by atoms with Gasteiger partial charge in [-0.2, -0.15) is 0 Å². The molecule has 1 aromatic carbocycles. The Hall–Kier alpha value is -1.28. The Bertz CT molecular complexity index is 475. The summed E-state index contributed by atoms with van der Waals surface area (Å²) in [5.41, 5.74) is 0.787. The van der Waals surface area contributed by atoms with Crippen molar-refractivity contribution in [1.29, 1.82) is 0 Å². The molecule has 2 nitrogen and oxygen atoms in total. The van der Waals surface area contributed by atoms with Crippen molar-refractivity contribution in [2.24, 2.45) is 0 Å². The SMILES string of the molecule is O=c1[14cH]c[nH]c2cc(Cl)ccc12. The first-order valence-electron chi connectivity index (χ1n) is 3.54. The summed E-state index contributed by atoms with van der Waals surface area (Å²) in [6, 6.07) is 6.66. The molecule has 0 amide bonds. The number of benzene rings is 1. The van der Waals surface area contributed by atoms with Gasteiger partial charge in [-0.25, -0.2) is 0 Å². The van der Waals surface area contributed by atoms with Gasteiger partial charge in [-0.15, -0.1) is 0 Å². The van der Waals surface area contributed by atoms with Crippen LogP contribution < -0.4 is 5.43 Å². The zero-order valence-corrected chi connectivity index (χ0v) is 6.93. The monoisotopic (exact) mass is 181 g/mol. The molecule has 60 valence electrons. The summed E-state index contributed by atoms with van der Waals surface area (Å²) in [7, 11) is 0. The number of halogens is 1. The first-order valence-corrected chi connectivity index (χ1v) is 3.92. The molecule has 12 heavy (non-hydrogen) atoms. The Labute approximate surface area is 73.8 Å². The number of hydrogen-bond acceptors (Lipinski definition) is 1. The maximum absolute atomic E-state index is 11.2. The lowest BCUT2D eigenvalue weighted by atomic mass is 10.2. The van der Waals surface area contributed by atoms with E-state index < -0.39 is 0 Å². The highest BCUT2D eigenvalue weighted by atomic mass is 35.5. The van der Waals surface area contributed by atoms with Crippen molar-refractivity contribution >= 4 is 22.5 Å². The minimum atomic E-state index is 0.0143. The molecule has 2 rings (SSSR count). The van der Waals surface area contributed by atoms with E-state index in [4.69, 9.17) is 11.6 Å². The number of fused-ring (bicyclic) bond motifs is 1. The van der Waals surface area contributed by atoms with Gasteiger partial charge in [-0.05, 0) is 18.2 Å². The molecule has 1 N–H and O–H groups in total. The fourth-order valence-corrected chi connectivity index (χ4v) is 1.32. The Morgan fingerprint density at radius 3 is 3.08 bits per heavy atom. The normalized spacial score (nSPS) is 10.4. The molecule has 0 unspecified atom stereocenters. The number of aromatic amines is 1. The summed E-state index contributed by atoms with van der Waals surface area (Å²) in [6.45, 7) is 0. The van der Waals surface area contributed by atoms with Crippen LogP contribution in [0.25, 0.3) is 10.9 Å². The van der Waals surface area contributed by atoms with Crippen LogP contribution in [-0.2, 0) is 0 Å². The fourth-order valence-electron chi connectivity index (χ4n) is 1.15. The molecule has 0 aliphatic carbocycles. The first-order chi connectivity index (χ1) is 5.77. The highest BCUT2D eigenvalue weighted by Gasteiger charge is 1.96. The van der Waals surface area contributed by atoms with Crippen LogP contribution in [0, 0.1) is 0 Å². The first kappa shape index (κ1) is 7.37. The van der Waals surface area contributed by atoms with E-state index in [1.807, 2.05) is 0 Å². The van der Waals surface area contributed by atoms with E-state index >= 15 is 0 Å². The predicted molar refractivity (Wildman–Crippen MR) is 49.6 cm³/mol. The van der Waals surface area contributed by atoms with E-state index in [9.17, 15) is 4.79 Å². The Morgan fingerprint density at radius 1 is 1.42 bits per heavy atom. The summed E-state index contributed by atoms with van der Waals surface area (Å²) < 4.78 is 0. The van der Waals surface area contributed by atoms with Crippen molar-refractivity contribution in [3.05, 3.63) is 45.7 Å². The van der Waals surface area contributed by atoms with Crippen LogP contribution in [0.1, 0.15) is 0 Å². The smallest absolute Gasteiger partial charge is 0.189 e. The van der Waals surface area contributed by atoms with Crippen LogP contribution in [-0.4, -0.2) is 4.98 Å². The molecule has 0 spiro atoms. The molecule has 0 bridgehead atoms. The molecule has 0 radical (unpaired) electrons. The summed E-state index contributed by atoms with van der Waals surface area (Å²) in [4.78, 5) is 14.2. The van der Waals surface area contributed by atoms with Crippen LogP contribution in [0.5, 0.6) is 0 Å². The molecule has 2 aromatic rings. The average molecular weight is 182 g/mol. The molecule has 3 heteroatoms. The molecule has 0 saturated heterocycles. The van der Waals surface area contributed by atoms with Crippen molar-refractivity contribution in [2.45, 2.75) is 0 Å². The Morgan fingerprint density at radius 2 is 2.25 bits per heavy atom. The van der Waals surface area contributed by atoms with Gasteiger partial charge in [0.05, 0.1) is 5.52 Å². The van der Waals surface area contributed by atoms with E-state index in [-0.39, 0.29) is 5.43 Å². The lowest BCUT2D eigenvalue weighted by Crippen LogP contribution is -1.98. The number of rotatable bonds is 0. The van der Waals surface area contributed by atoms with Crippen molar-refractivity contribution in [1.82, 2.24) is 4.98 Å². The minimum absolute atomic E-state index is 0.0143. The number of hydrogen-bond donors (Lipinski definition) is 1. The van der Waals surface area contributed by atoms with Gasteiger partial charge < -0.3 is 4.98 Å². The highest BCUT2D eigenvalue weighted by Crippen LogP contribution is 2.13. The highest BCUT2D eigenvalue weighted by molar-refractivity contribution is 6.31. The van der Waals surface area contributed by atoms with Gasteiger partial charge in [0.25, 0.3) is 0 Å². The Kier molecular flexibility index (Phi) is 1.62. The summed E-state index contributed by atoms with van der Waals surface area (Å²) in [6.07, 6.45) is 1.61. The lowest BCUT2D eigenvalue weighted by molar-refractivity contribution is 1.39. The molecular formula is C9H6ClNO. The van der Waals surface area contributed by atoms with E-state index in [2.05, 4.69) is 4.98 Å². The molecule has 0 saturated carbocycles. The average Bonchev–Trinajstić information content (AvgIpc) is 2.04. The van der Waals surface area contributed by atoms with Crippen molar-refractivity contribution in [3.8, 4) is 0 Å². The largest absolute Gasteiger partial charge is 0.361 e. The summed E-state index contributed by atoms with van der Waals surface area (Å²) in [5, 5.41) is 1.30. The van der Waals surface area contributed by atoms with E-state index in [1.54, 1.807) is 24.4 Å². The Balaban J connectivity index is 2.96. The van der Waals surface area contributed by atoms with Gasteiger partial charge in [-0.1, -0.05) is 11.6 Å². The van der Waals surface area contributed by atoms with Gasteiger partial charge in [-0.3, -0.25) is 4.79 Å².